The summed E-state index contributed by atoms with van der Waals surface area (Å²) in [4.78, 5) is 40.7. The summed E-state index contributed by atoms with van der Waals surface area (Å²) in [5.41, 5.74) is 5.66. The van der Waals surface area contributed by atoms with Crippen LogP contribution in [-0.4, -0.2) is 17.7 Å². The molecule has 1 atom stereocenters. The van der Waals surface area contributed by atoms with Gasteiger partial charge in [-0.15, -0.1) is 11.8 Å². The third-order valence-electron chi connectivity index (χ3n) is 6.91. The highest BCUT2D eigenvalue weighted by Crippen LogP contribution is 2.37. The topological polar surface area (TPSA) is 87.3 Å². The molecule has 0 bridgehead atoms. The summed E-state index contributed by atoms with van der Waals surface area (Å²) in [5.74, 6) is -0.971. The van der Waals surface area contributed by atoms with Gasteiger partial charge in [-0.05, 0) is 85.1 Å². The average molecular weight is 612 g/mol. The van der Waals surface area contributed by atoms with Crippen molar-refractivity contribution in [3.8, 4) is 0 Å². The number of rotatable bonds is 10. The van der Waals surface area contributed by atoms with Gasteiger partial charge in [0, 0.05) is 21.8 Å². The number of carbonyl (C=O) groups is 3. The Balaban J connectivity index is 1.32. The SMILES string of the molecule is Cc1ccc(/C=C(\NC(=O)c2ccccc2)C(=O)Nc2ccc(SC(C(=O)Nc3cccc(C)c3)c3ccccc3)cc2)cc1. The quantitative estimate of drug-likeness (QED) is 0.110. The molecular weight excluding hydrogens is 579 g/mol. The number of nitrogens with one attached hydrogen (secondary N) is 3. The van der Waals surface area contributed by atoms with Crippen molar-refractivity contribution >= 4 is 46.9 Å². The Morgan fingerprint density at radius 3 is 1.98 bits per heavy atom. The molecule has 45 heavy (non-hydrogen) atoms. The maximum Gasteiger partial charge on any atom is 0.272 e. The highest BCUT2D eigenvalue weighted by atomic mass is 32.2. The zero-order valence-electron chi connectivity index (χ0n) is 25.0. The number of anilines is 2. The van der Waals surface area contributed by atoms with E-state index in [9.17, 15) is 14.4 Å². The summed E-state index contributed by atoms with van der Waals surface area (Å²) in [6.07, 6.45) is 1.65. The molecule has 0 aromatic heterocycles. The second-order valence-electron chi connectivity index (χ2n) is 10.5. The Morgan fingerprint density at radius 1 is 0.644 bits per heavy atom. The molecule has 0 aliphatic heterocycles. The lowest BCUT2D eigenvalue weighted by Crippen LogP contribution is -2.30. The predicted octanol–water partition coefficient (Wildman–Crippen LogP) is 8.19. The fourth-order valence-electron chi connectivity index (χ4n) is 4.55. The molecule has 0 spiro atoms. The first kappa shape index (κ1) is 31.0. The first-order valence-electron chi connectivity index (χ1n) is 14.5. The Bertz CT molecular complexity index is 1800. The van der Waals surface area contributed by atoms with Gasteiger partial charge in [-0.2, -0.15) is 0 Å². The third-order valence-corrected chi connectivity index (χ3v) is 8.18. The van der Waals surface area contributed by atoms with Crippen molar-refractivity contribution in [1.29, 1.82) is 0 Å². The van der Waals surface area contributed by atoms with Crippen molar-refractivity contribution in [3.63, 3.8) is 0 Å². The summed E-state index contributed by atoms with van der Waals surface area (Å²) < 4.78 is 0. The lowest BCUT2D eigenvalue weighted by molar-refractivity contribution is -0.116. The van der Waals surface area contributed by atoms with Crippen LogP contribution in [0.3, 0.4) is 0 Å². The molecule has 0 heterocycles. The fraction of sp³-hybridized carbons (Fsp3) is 0.0789. The standard InChI is InChI=1S/C38H33N3O3S/c1-26-16-18-28(19-17-26)25-34(41-36(42)30-13-7-4-8-14-30)37(43)39-31-20-22-33(23-21-31)45-35(29-11-5-3-6-12-29)38(44)40-32-15-9-10-27(2)24-32/h3-25,35H,1-2H3,(H,39,43)(H,40,44)(H,41,42)/b34-25-. The van der Waals surface area contributed by atoms with E-state index in [1.165, 1.54) is 11.8 Å². The van der Waals surface area contributed by atoms with E-state index in [0.717, 1.165) is 32.8 Å². The van der Waals surface area contributed by atoms with Crippen LogP contribution in [0, 0.1) is 13.8 Å². The van der Waals surface area contributed by atoms with Gasteiger partial charge in [0.05, 0.1) is 0 Å². The van der Waals surface area contributed by atoms with E-state index in [1.54, 1.807) is 42.5 Å². The maximum absolute atomic E-state index is 13.4. The second-order valence-corrected chi connectivity index (χ2v) is 11.7. The Morgan fingerprint density at radius 2 is 1.31 bits per heavy atom. The molecule has 0 aliphatic carbocycles. The molecule has 0 fully saturated rings. The van der Waals surface area contributed by atoms with E-state index in [-0.39, 0.29) is 17.5 Å². The Kier molecular flexibility index (Phi) is 10.2. The van der Waals surface area contributed by atoms with E-state index in [2.05, 4.69) is 16.0 Å². The van der Waals surface area contributed by atoms with Crippen LogP contribution in [0.25, 0.3) is 6.08 Å². The molecule has 3 amide bonds. The Hall–Kier alpha value is -5.40. The zero-order valence-corrected chi connectivity index (χ0v) is 25.8. The van der Waals surface area contributed by atoms with Gasteiger partial charge in [0.15, 0.2) is 0 Å². The van der Waals surface area contributed by atoms with Crippen LogP contribution in [0.4, 0.5) is 11.4 Å². The predicted molar refractivity (Wildman–Crippen MR) is 183 cm³/mol. The van der Waals surface area contributed by atoms with Crippen molar-refractivity contribution in [3.05, 3.63) is 167 Å². The molecule has 3 N–H and O–H groups in total. The smallest absolute Gasteiger partial charge is 0.272 e. The van der Waals surface area contributed by atoms with Gasteiger partial charge in [-0.1, -0.05) is 90.5 Å². The van der Waals surface area contributed by atoms with Crippen molar-refractivity contribution in [2.45, 2.75) is 24.0 Å². The van der Waals surface area contributed by atoms with Crippen molar-refractivity contribution in [2.75, 3.05) is 10.6 Å². The lowest BCUT2D eigenvalue weighted by atomic mass is 10.1. The normalized spacial score (nSPS) is 11.7. The Labute approximate surface area is 267 Å². The number of hydrogen-bond acceptors (Lipinski definition) is 4. The highest BCUT2D eigenvalue weighted by Gasteiger charge is 2.22. The summed E-state index contributed by atoms with van der Waals surface area (Å²) in [6, 6.07) is 41.0. The number of benzene rings is 5. The van der Waals surface area contributed by atoms with Gasteiger partial charge < -0.3 is 16.0 Å². The van der Waals surface area contributed by atoms with Crippen LogP contribution in [0.15, 0.2) is 144 Å². The van der Waals surface area contributed by atoms with Gasteiger partial charge in [0.1, 0.15) is 10.9 Å². The van der Waals surface area contributed by atoms with E-state index in [1.807, 2.05) is 111 Å². The van der Waals surface area contributed by atoms with Crippen LogP contribution in [0.2, 0.25) is 0 Å². The number of aryl methyl sites for hydroxylation is 2. The summed E-state index contributed by atoms with van der Waals surface area (Å²) in [5, 5.41) is 8.21. The van der Waals surface area contributed by atoms with Crippen molar-refractivity contribution < 1.29 is 14.4 Å². The van der Waals surface area contributed by atoms with Crippen LogP contribution >= 0.6 is 11.8 Å². The van der Waals surface area contributed by atoms with Crippen molar-refractivity contribution in [1.82, 2.24) is 5.32 Å². The number of amides is 3. The van der Waals surface area contributed by atoms with Gasteiger partial charge in [0.25, 0.3) is 11.8 Å². The number of thioether (sulfide) groups is 1. The number of hydrogen-bond donors (Lipinski definition) is 3. The monoisotopic (exact) mass is 611 g/mol. The highest BCUT2D eigenvalue weighted by molar-refractivity contribution is 8.00. The minimum absolute atomic E-state index is 0.114. The molecule has 5 aromatic carbocycles. The van der Waals surface area contributed by atoms with E-state index >= 15 is 0 Å². The van der Waals surface area contributed by atoms with Gasteiger partial charge in [0.2, 0.25) is 5.91 Å². The average Bonchev–Trinajstić information content (AvgIpc) is 3.05. The van der Waals surface area contributed by atoms with E-state index in [4.69, 9.17) is 0 Å². The largest absolute Gasteiger partial charge is 0.325 e. The number of carbonyl (C=O) groups excluding carboxylic acids is 3. The molecule has 224 valence electrons. The first-order valence-corrected chi connectivity index (χ1v) is 15.4. The van der Waals surface area contributed by atoms with Crippen molar-refractivity contribution in [2.24, 2.45) is 0 Å². The fourth-order valence-corrected chi connectivity index (χ4v) is 5.58. The van der Waals surface area contributed by atoms with E-state index < -0.39 is 11.2 Å². The maximum atomic E-state index is 13.4. The summed E-state index contributed by atoms with van der Waals surface area (Å²) in [6.45, 7) is 3.97. The molecule has 0 radical (unpaired) electrons. The summed E-state index contributed by atoms with van der Waals surface area (Å²) in [7, 11) is 0. The minimum atomic E-state index is -0.496. The minimum Gasteiger partial charge on any atom is -0.325 e. The second kappa shape index (κ2) is 14.9. The van der Waals surface area contributed by atoms with Crippen LogP contribution in [0.1, 0.15) is 37.9 Å². The molecule has 0 saturated carbocycles. The molecule has 0 saturated heterocycles. The molecule has 0 aliphatic rings. The van der Waals surface area contributed by atoms with Gasteiger partial charge in [-0.3, -0.25) is 14.4 Å². The first-order chi connectivity index (χ1) is 21.8. The summed E-state index contributed by atoms with van der Waals surface area (Å²) >= 11 is 1.42. The third kappa shape index (κ3) is 8.81. The van der Waals surface area contributed by atoms with Crippen LogP contribution in [-0.2, 0) is 9.59 Å². The molecule has 5 aromatic rings. The molecule has 1 unspecified atom stereocenters. The molecule has 6 nitrogen and oxygen atoms in total. The molecule has 7 heteroatoms. The van der Waals surface area contributed by atoms with Gasteiger partial charge >= 0.3 is 0 Å². The zero-order chi connectivity index (χ0) is 31.6. The van der Waals surface area contributed by atoms with Crippen LogP contribution < -0.4 is 16.0 Å². The molecular formula is C38H33N3O3S. The van der Waals surface area contributed by atoms with Crippen LogP contribution in [0.5, 0.6) is 0 Å². The van der Waals surface area contributed by atoms with E-state index in [0.29, 0.717) is 11.3 Å². The molecule has 5 rings (SSSR count). The lowest BCUT2D eigenvalue weighted by Gasteiger charge is -2.18. The van der Waals surface area contributed by atoms with Gasteiger partial charge in [-0.25, -0.2) is 0 Å².